The van der Waals surface area contributed by atoms with E-state index in [-0.39, 0.29) is 84.5 Å². The first-order chi connectivity index (χ1) is 19.7. The molecule has 3 aliphatic heterocycles. The highest BCUT2D eigenvalue weighted by Crippen LogP contribution is 2.50. The van der Waals surface area contributed by atoms with Crippen molar-refractivity contribution in [3.63, 3.8) is 0 Å². The molecule has 0 saturated carbocycles. The number of rotatable bonds is 4. The monoisotopic (exact) mass is 600 g/mol. The highest BCUT2D eigenvalue weighted by atomic mass is 35.5. The van der Waals surface area contributed by atoms with Gasteiger partial charge in [-0.2, -0.15) is 15.2 Å². The molecule has 212 valence electrons. The van der Waals surface area contributed by atoms with Crippen LogP contribution in [0.5, 0.6) is 11.8 Å². The van der Waals surface area contributed by atoms with Crippen LogP contribution in [0.4, 0.5) is 24.0 Å². The highest BCUT2D eigenvalue weighted by molar-refractivity contribution is 7.23. The van der Waals surface area contributed by atoms with Gasteiger partial charge in [0.25, 0.3) is 0 Å². The van der Waals surface area contributed by atoms with Crippen LogP contribution in [0.2, 0.25) is 5.02 Å². The van der Waals surface area contributed by atoms with E-state index < -0.39 is 23.3 Å². The summed E-state index contributed by atoms with van der Waals surface area (Å²) in [5, 5.41) is 13.5. The average molecular weight is 601 g/mol. The molecule has 3 aliphatic rings. The Kier molecular flexibility index (Phi) is 6.12. The van der Waals surface area contributed by atoms with E-state index in [2.05, 4.69) is 20.2 Å². The maximum atomic E-state index is 16.6. The Hall–Kier alpha value is -3.53. The Morgan fingerprint density at radius 1 is 1.34 bits per heavy atom. The van der Waals surface area contributed by atoms with Crippen molar-refractivity contribution in [2.24, 2.45) is 0 Å². The standard InChI is InChI=1S/C28H24ClF3N6O2S/c1-12-10-39-23-19-22(36-27(37-26(19)35-12)40-11-28-5-2-6-38(28)9-13(30)7-28)21(32)18(20(23)29)14-3-4-16(31)24-17(14)15(8-33)25(34)41-24/h3-4,12-13H,2,5-7,9-11,34H2,1H3,(H,35,36,37)/t12-,13+,28-/m0/s1. The van der Waals surface area contributed by atoms with Crippen molar-refractivity contribution in [3.8, 4) is 29.0 Å². The Labute approximate surface area is 241 Å². The van der Waals surface area contributed by atoms with E-state index in [1.807, 2.05) is 13.0 Å². The summed E-state index contributed by atoms with van der Waals surface area (Å²) in [4.78, 5) is 11.1. The summed E-state index contributed by atoms with van der Waals surface area (Å²) in [5.41, 5.74) is 5.58. The van der Waals surface area contributed by atoms with Gasteiger partial charge in [0.2, 0.25) is 0 Å². The van der Waals surface area contributed by atoms with Crippen molar-refractivity contribution in [1.29, 1.82) is 5.26 Å². The number of aromatic nitrogens is 2. The molecular formula is C28H24ClF3N6O2S. The zero-order chi connectivity index (χ0) is 28.6. The van der Waals surface area contributed by atoms with Gasteiger partial charge < -0.3 is 20.5 Å². The lowest BCUT2D eigenvalue weighted by Crippen LogP contribution is -2.43. The van der Waals surface area contributed by atoms with Crippen LogP contribution < -0.4 is 20.5 Å². The van der Waals surface area contributed by atoms with Gasteiger partial charge in [-0.1, -0.05) is 17.7 Å². The second-order valence-electron chi connectivity index (χ2n) is 10.9. The summed E-state index contributed by atoms with van der Waals surface area (Å²) in [6.07, 6.45) is 1.17. The van der Waals surface area contributed by atoms with E-state index in [1.165, 1.54) is 12.1 Å². The van der Waals surface area contributed by atoms with Crippen LogP contribution in [0.3, 0.4) is 0 Å². The number of halogens is 4. The molecule has 0 aliphatic carbocycles. The van der Waals surface area contributed by atoms with Crippen LogP contribution in [0.15, 0.2) is 12.1 Å². The Bertz CT molecular complexity index is 1800. The van der Waals surface area contributed by atoms with Crippen LogP contribution in [0.25, 0.3) is 32.1 Å². The highest BCUT2D eigenvalue weighted by Gasteiger charge is 2.49. The Balaban J connectivity index is 1.42. The maximum absolute atomic E-state index is 16.6. The molecule has 0 unspecified atom stereocenters. The minimum absolute atomic E-state index is 0.0349. The summed E-state index contributed by atoms with van der Waals surface area (Å²) in [6.45, 7) is 3.40. The van der Waals surface area contributed by atoms with Gasteiger partial charge >= 0.3 is 6.01 Å². The molecule has 0 bridgehead atoms. The minimum Gasteiger partial charge on any atom is -0.489 e. The van der Waals surface area contributed by atoms with Gasteiger partial charge in [-0.25, -0.2) is 13.2 Å². The number of benzene rings is 2. The van der Waals surface area contributed by atoms with E-state index in [4.69, 9.17) is 26.8 Å². The minimum atomic E-state index is -0.928. The second kappa shape index (κ2) is 9.51. The lowest BCUT2D eigenvalue weighted by molar-refractivity contribution is 0.107. The van der Waals surface area contributed by atoms with Gasteiger partial charge in [0, 0.05) is 23.9 Å². The molecule has 0 radical (unpaired) electrons. The Morgan fingerprint density at radius 3 is 2.98 bits per heavy atom. The lowest BCUT2D eigenvalue weighted by Gasteiger charge is -2.30. The van der Waals surface area contributed by atoms with Gasteiger partial charge in [-0.3, -0.25) is 4.90 Å². The number of hydrogen-bond acceptors (Lipinski definition) is 9. The lowest BCUT2D eigenvalue weighted by atomic mass is 9.95. The number of hydrogen-bond donors (Lipinski definition) is 2. The topological polar surface area (TPSA) is 109 Å². The molecule has 8 nitrogen and oxygen atoms in total. The van der Waals surface area contributed by atoms with Crippen LogP contribution in [-0.4, -0.2) is 58.9 Å². The second-order valence-corrected chi connectivity index (χ2v) is 12.3. The summed E-state index contributed by atoms with van der Waals surface area (Å²) in [7, 11) is 0. The quantitative estimate of drug-likeness (QED) is 0.292. The van der Waals surface area contributed by atoms with Crippen molar-refractivity contribution >= 4 is 54.7 Å². The van der Waals surface area contributed by atoms with E-state index in [0.717, 1.165) is 30.7 Å². The van der Waals surface area contributed by atoms with Crippen molar-refractivity contribution in [2.75, 3.05) is 37.4 Å². The molecule has 2 fully saturated rings. The number of ether oxygens (including phenoxy) is 2. The molecule has 3 atom stereocenters. The summed E-state index contributed by atoms with van der Waals surface area (Å²) < 4.78 is 57.9. The van der Waals surface area contributed by atoms with Gasteiger partial charge in [-0.15, -0.1) is 11.3 Å². The fraction of sp³-hybridized carbons (Fsp3) is 0.393. The zero-order valence-corrected chi connectivity index (χ0v) is 23.4. The van der Waals surface area contributed by atoms with Gasteiger partial charge in [0.15, 0.2) is 11.6 Å². The number of nitrogen functional groups attached to an aromatic ring is 1. The van der Waals surface area contributed by atoms with E-state index in [9.17, 15) is 14.0 Å². The van der Waals surface area contributed by atoms with E-state index in [1.54, 1.807) is 0 Å². The van der Waals surface area contributed by atoms with Crippen molar-refractivity contribution in [3.05, 3.63) is 34.4 Å². The van der Waals surface area contributed by atoms with Gasteiger partial charge in [0.1, 0.15) is 47.6 Å². The molecule has 0 amide bonds. The fourth-order valence-electron chi connectivity index (χ4n) is 6.43. The smallest absolute Gasteiger partial charge is 0.319 e. The molecule has 41 heavy (non-hydrogen) atoms. The first-order valence-corrected chi connectivity index (χ1v) is 14.4. The number of anilines is 2. The molecule has 2 aromatic heterocycles. The predicted molar refractivity (Wildman–Crippen MR) is 152 cm³/mol. The molecular weight excluding hydrogens is 577 g/mol. The molecule has 3 N–H and O–H groups in total. The first-order valence-electron chi connectivity index (χ1n) is 13.3. The predicted octanol–water partition coefficient (Wildman–Crippen LogP) is 6.04. The number of fused-ring (bicyclic) bond motifs is 2. The third-order valence-corrected chi connectivity index (χ3v) is 9.64. The molecule has 4 aromatic rings. The normalized spacial score (nSPS) is 23.7. The van der Waals surface area contributed by atoms with Crippen LogP contribution >= 0.6 is 22.9 Å². The number of nitrogens with one attached hydrogen (secondary N) is 1. The van der Waals surface area contributed by atoms with Crippen molar-refractivity contribution in [2.45, 2.75) is 43.9 Å². The zero-order valence-electron chi connectivity index (χ0n) is 21.9. The fourth-order valence-corrected chi connectivity index (χ4v) is 7.72. The largest absolute Gasteiger partial charge is 0.489 e. The molecule has 5 heterocycles. The number of nitrogens with zero attached hydrogens (tertiary/aromatic N) is 4. The molecule has 7 rings (SSSR count). The van der Waals surface area contributed by atoms with Crippen molar-refractivity contribution in [1.82, 2.24) is 14.9 Å². The van der Waals surface area contributed by atoms with Gasteiger partial charge in [0.05, 0.1) is 32.3 Å². The van der Waals surface area contributed by atoms with Crippen LogP contribution in [-0.2, 0) is 0 Å². The number of nitrogens with two attached hydrogens (primary N) is 1. The van der Waals surface area contributed by atoms with Crippen LogP contribution in [0.1, 0.15) is 31.7 Å². The number of thiophene rings is 1. The maximum Gasteiger partial charge on any atom is 0.319 e. The summed E-state index contributed by atoms with van der Waals surface area (Å²) in [6, 6.07) is 4.26. The van der Waals surface area contributed by atoms with Crippen molar-refractivity contribution < 1.29 is 22.6 Å². The molecule has 13 heteroatoms. The average Bonchev–Trinajstić information content (AvgIpc) is 3.54. The van der Waals surface area contributed by atoms with Gasteiger partial charge in [-0.05, 0) is 37.9 Å². The third kappa shape index (κ3) is 3.97. The van der Waals surface area contributed by atoms with E-state index in [0.29, 0.717) is 13.0 Å². The summed E-state index contributed by atoms with van der Waals surface area (Å²) in [5.74, 6) is -0.953. The molecule has 0 spiro atoms. The molecule has 2 saturated heterocycles. The van der Waals surface area contributed by atoms with Crippen LogP contribution in [0, 0.1) is 23.0 Å². The number of nitriles is 1. The van der Waals surface area contributed by atoms with E-state index >= 15 is 4.39 Å². The molecule has 2 aromatic carbocycles. The SMILES string of the molecule is C[C@H]1COc2c(Cl)c(-c3ccc(F)c4sc(N)c(C#N)c34)c(F)c3nc(OC[C@@]45CCCN4C[C@H](F)C5)nc(c23)N1. The Morgan fingerprint density at radius 2 is 2.17 bits per heavy atom. The summed E-state index contributed by atoms with van der Waals surface area (Å²) >= 11 is 7.74. The first kappa shape index (κ1) is 26.4. The number of alkyl halides is 1. The third-order valence-electron chi connectivity index (χ3n) is 8.25.